The SMILES string of the molecule is CCOC(=O)c1ccc(NC(C)C2CCOC2)nc1. The molecular formula is C14H20N2O3. The zero-order valence-corrected chi connectivity index (χ0v) is 11.4. The molecular weight excluding hydrogens is 244 g/mol. The topological polar surface area (TPSA) is 60.5 Å². The van der Waals surface area contributed by atoms with Gasteiger partial charge in [-0.2, -0.15) is 0 Å². The minimum absolute atomic E-state index is 0.309. The number of nitrogens with zero attached hydrogens (tertiary/aromatic N) is 1. The summed E-state index contributed by atoms with van der Waals surface area (Å²) in [5.74, 6) is 0.956. The molecule has 1 N–H and O–H groups in total. The van der Waals surface area contributed by atoms with Gasteiger partial charge in [0, 0.05) is 24.8 Å². The molecule has 0 bridgehead atoms. The summed E-state index contributed by atoms with van der Waals surface area (Å²) in [5, 5.41) is 3.34. The molecule has 0 aromatic carbocycles. The molecule has 19 heavy (non-hydrogen) atoms. The van der Waals surface area contributed by atoms with Crippen LogP contribution in [0.15, 0.2) is 18.3 Å². The number of carbonyl (C=O) groups excluding carboxylic acids is 1. The number of nitrogens with one attached hydrogen (secondary N) is 1. The molecule has 2 rings (SSSR count). The van der Waals surface area contributed by atoms with Crippen molar-refractivity contribution in [2.24, 2.45) is 5.92 Å². The molecule has 0 amide bonds. The van der Waals surface area contributed by atoms with Crippen molar-refractivity contribution in [3.05, 3.63) is 23.9 Å². The van der Waals surface area contributed by atoms with Crippen molar-refractivity contribution in [2.75, 3.05) is 25.1 Å². The fourth-order valence-corrected chi connectivity index (χ4v) is 2.11. The Morgan fingerprint density at radius 3 is 3.05 bits per heavy atom. The van der Waals surface area contributed by atoms with Crippen molar-refractivity contribution in [3.63, 3.8) is 0 Å². The predicted octanol–water partition coefficient (Wildman–Crippen LogP) is 2.10. The van der Waals surface area contributed by atoms with E-state index in [0.29, 0.717) is 24.1 Å². The van der Waals surface area contributed by atoms with Gasteiger partial charge in [-0.3, -0.25) is 0 Å². The van der Waals surface area contributed by atoms with Crippen LogP contribution < -0.4 is 5.32 Å². The first-order chi connectivity index (χ1) is 9.20. The molecule has 1 aromatic heterocycles. The van der Waals surface area contributed by atoms with Crippen molar-refractivity contribution in [1.29, 1.82) is 0 Å². The van der Waals surface area contributed by atoms with Gasteiger partial charge in [-0.15, -0.1) is 0 Å². The van der Waals surface area contributed by atoms with Crippen LogP contribution in [0.2, 0.25) is 0 Å². The quantitative estimate of drug-likeness (QED) is 0.825. The van der Waals surface area contributed by atoms with E-state index >= 15 is 0 Å². The van der Waals surface area contributed by atoms with Gasteiger partial charge in [-0.1, -0.05) is 0 Å². The number of hydrogen-bond donors (Lipinski definition) is 1. The maximum atomic E-state index is 11.5. The van der Waals surface area contributed by atoms with Crippen LogP contribution in [-0.2, 0) is 9.47 Å². The van der Waals surface area contributed by atoms with E-state index in [-0.39, 0.29) is 5.97 Å². The summed E-state index contributed by atoms with van der Waals surface area (Å²) in [6.45, 7) is 5.92. The van der Waals surface area contributed by atoms with Crippen LogP contribution in [0, 0.1) is 5.92 Å². The Kier molecular flexibility index (Phi) is 4.74. The predicted molar refractivity (Wildman–Crippen MR) is 72.2 cm³/mol. The first-order valence-corrected chi connectivity index (χ1v) is 6.68. The van der Waals surface area contributed by atoms with Crippen molar-refractivity contribution in [1.82, 2.24) is 4.98 Å². The third kappa shape index (κ3) is 3.67. The number of hydrogen-bond acceptors (Lipinski definition) is 5. The molecule has 0 aliphatic carbocycles. The Balaban J connectivity index is 1.92. The minimum atomic E-state index is -0.334. The van der Waals surface area contributed by atoms with Gasteiger partial charge in [0.15, 0.2) is 0 Å². The van der Waals surface area contributed by atoms with E-state index in [0.717, 1.165) is 25.5 Å². The van der Waals surface area contributed by atoms with Gasteiger partial charge in [0.05, 0.1) is 18.8 Å². The number of rotatable bonds is 5. The van der Waals surface area contributed by atoms with Gasteiger partial charge < -0.3 is 14.8 Å². The fraction of sp³-hybridized carbons (Fsp3) is 0.571. The number of carbonyl (C=O) groups is 1. The van der Waals surface area contributed by atoms with Gasteiger partial charge in [-0.25, -0.2) is 9.78 Å². The maximum absolute atomic E-state index is 11.5. The highest BCUT2D eigenvalue weighted by atomic mass is 16.5. The number of pyridine rings is 1. The van der Waals surface area contributed by atoms with Crippen molar-refractivity contribution < 1.29 is 14.3 Å². The summed E-state index contributed by atoms with van der Waals surface area (Å²) in [6.07, 6.45) is 2.62. The highest BCUT2D eigenvalue weighted by Crippen LogP contribution is 2.19. The van der Waals surface area contributed by atoms with E-state index in [4.69, 9.17) is 9.47 Å². The lowest BCUT2D eigenvalue weighted by atomic mass is 10.0. The molecule has 1 fully saturated rings. The highest BCUT2D eigenvalue weighted by molar-refractivity contribution is 5.89. The van der Waals surface area contributed by atoms with Crippen LogP contribution in [0.4, 0.5) is 5.82 Å². The molecule has 1 aliphatic rings. The van der Waals surface area contributed by atoms with Gasteiger partial charge in [0.1, 0.15) is 5.82 Å². The zero-order valence-electron chi connectivity index (χ0n) is 11.4. The molecule has 2 unspecified atom stereocenters. The molecule has 0 saturated carbocycles. The van der Waals surface area contributed by atoms with Crippen molar-refractivity contribution in [2.45, 2.75) is 26.3 Å². The number of ether oxygens (including phenoxy) is 2. The van der Waals surface area contributed by atoms with E-state index in [1.165, 1.54) is 6.20 Å². The van der Waals surface area contributed by atoms with Crippen LogP contribution in [0.25, 0.3) is 0 Å². The Morgan fingerprint density at radius 2 is 2.47 bits per heavy atom. The van der Waals surface area contributed by atoms with Crippen molar-refractivity contribution >= 4 is 11.8 Å². The van der Waals surface area contributed by atoms with E-state index in [2.05, 4.69) is 17.2 Å². The second-order valence-electron chi connectivity index (χ2n) is 4.71. The Labute approximate surface area is 113 Å². The molecule has 0 spiro atoms. The van der Waals surface area contributed by atoms with Gasteiger partial charge in [-0.05, 0) is 32.4 Å². The van der Waals surface area contributed by atoms with Gasteiger partial charge >= 0.3 is 5.97 Å². The first kappa shape index (κ1) is 13.8. The normalized spacial score (nSPS) is 20.0. The molecule has 5 heteroatoms. The Bertz CT molecular complexity index is 413. The average molecular weight is 264 g/mol. The molecule has 0 radical (unpaired) electrons. The van der Waals surface area contributed by atoms with Crippen LogP contribution in [0.3, 0.4) is 0 Å². The zero-order chi connectivity index (χ0) is 13.7. The number of anilines is 1. The monoisotopic (exact) mass is 264 g/mol. The number of esters is 1. The van der Waals surface area contributed by atoms with E-state index < -0.39 is 0 Å². The molecule has 1 saturated heterocycles. The van der Waals surface area contributed by atoms with Crippen LogP contribution in [-0.4, -0.2) is 36.8 Å². The van der Waals surface area contributed by atoms with Gasteiger partial charge in [0.2, 0.25) is 0 Å². The summed E-state index contributed by atoms with van der Waals surface area (Å²) in [7, 11) is 0. The maximum Gasteiger partial charge on any atom is 0.339 e. The minimum Gasteiger partial charge on any atom is -0.462 e. The lowest BCUT2D eigenvalue weighted by Crippen LogP contribution is -2.26. The lowest BCUT2D eigenvalue weighted by molar-refractivity contribution is 0.0526. The average Bonchev–Trinajstić information content (AvgIpc) is 2.94. The van der Waals surface area contributed by atoms with Crippen LogP contribution >= 0.6 is 0 Å². The molecule has 104 valence electrons. The molecule has 1 aromatic rings. The smallest absolute Gasteiger partial charge is 0.339 e. The molecule has 5 nitrogen and oxygen atoms in total. The summed E-state index contributed by atoms with van der Waals surface area (Å²) in [5.41, 5.74) is 0.476. The lowest BCUT2D eigenvalue weighted by Gasteiger charge is -2.19. The standard InChI is InChI=1S/C14H20N2O3/c1-3-19-14(17)11-4-5-13(15-8-11)16-10(2)12-6-7-18-9-12/h4-5,8,10,12H,3,6-7,9H2,1-2H3,(H,15,16). The van der Waals surface area contributed by atoms with Crippen LogP contribution in [0.5, 0.6) is 0 Å². The third-order valence-corrected chi connectivity index (χ3v) is 3.32. The Morgan fingerprint density at radius 1 is 1.63 bits per heavy atom. The number of aromatic nitrogens is 1. The second kappa shape index (κ2) is 6.52. The largest absolute Gasteiger partial charge is 0.462 e. The third-order valence-electron chi connectivity index (χ3n) is 3.32. The summed E-state index contributed by atoms with van der Waals surface area (Å²) in [4.78, 5) is 15.7. The van der Waals surface area contributed by atoms with Crippen LogP contribution in [0.1, 0.15) is 30.6 Å². The molecule has 1 aliphatic heterocycles. The highest BCUT2D eigenvalue weighted by Gasteiger charge is 2.22. The van der Waals surface area contributed by atoms with E-state index in [9.17, 15) is 4.79 Å². The van der Waals surface area contributed by atoms with Crippen molar-refractivity contribution in [3.8, 4) is 0 Å². The Hall–Kier alpha value is -1.62. The van der Waals surface area contributed by atoms with Gasteiger partial charge in [0.25, 0.3) is 0 Å². The summed E-state index contributed by atoms with van der Waals surface area (Å²) >= 11 is 0. The van der Waals surface area contributed by atoms with E-state index in [1.807, 2.05) is 0 Å². The van der Waals surface area contributed by atoms with E-state index in [1.54, 1.807) is 19.1 Å². The fourth-order valence-electron chi connectivity index (χ4n) is 2.11. The molecule has 2 atom stereocenters. The molecule has 2 heterocycles. The summed E-state index contributed by atoms with van der Waals surface area (Å²) < 4.78 is 10.3. The second-order valence-corrected chi connectivity index (χ2v) is 4.71. The first-order valence-electron chi connectivity index (χ1n) is 6.68. The summed E-state index contributed by atoms with van der Waals surface area (Å²) in [6, 6.07) is 3.84.